The number of benzene rings is 1. The Morgan fingerprint density at radius 2 is 1.95 bits per heavy atom. The van der Waals surface area contributed by atoms with Crippen molar-refractivity contribution in [3.63, 3.8) is 0 Å². The Labute approximate surface area is 144 Å². The van der Waals surface area contributed by atoms with Crippen LogP contribution in [0.3, 0.4) is 0 Å². The summed E-state index contributed by atoms with van der Waals surface area (Å²) in [6.45, 7) is 1.56. The molecule has 4 nitrogen and oxygen atoms in total. The molecule has 0 unspecified atom stereocenters. The van der Waals surface area contributed by atoms with Crippen LogP contribution in [0.25, 0.3) is 0 Å². The molecule has 2 rings (SSSR count). The molecule has 2 N–H and O–H groups in total. The lowest BCUT2D eigenvalue weighted by Gasteiger charge is -2.16. The molecule has 0 aliphatic heterocycles. The van der Waals surface area contributed by atoms with E-state index in [9.17, 15) is 0 Å². The first-order valence-electron chi connectivity index (χ1n) is 7.18. The van der Waals surface area contributed by atoms with Crippen molar-refractivity contribution in [2.75, 3.05) is 20.2 Å². The van der Waals surface area contributed by atoms with Crippen LogP contribution in [0.1, 0.15) is 19.3 Å². The van der Waals surface area contributed by atoms with Gasteiger partial charge in [-0.15, -0.1) is 24.0 Å². The maximum Gasteiger partial charge on any atom is 0.191 e. The molecule has 1 aliphatic rings. The lowest BCUT2D eigenvalue weighted by molar-refractivity contribution is 0.311. The van der Waals surface area contributed by atoms with E-state index in [1.807, 2.05) is 30.3 Å². The van der Waals surface area contributed by atoms with E-state index in [2.05, 4.69) is 27.8 Å². The second kappa shape index (κ2) is 10.5. The van der Waals surface area contributed by atoms with Crippen LogP contribution < -0.4 is 15.4 Å². The summed E-state index contributed by atoms with van der Waals surface area (Å²) >= 11 is 0. The van der Waals surface area contributed by atoms with Gasteiger partial charge in [0.1, 0.15) is 5.75 Å². The summed E-state index contributed by atoms with van der Waals surface area (Å²) in [6, 6.07) is 10.4. The summed E-state index contributed by atoms with van der Waals surface area (Å²) in [5.74, 6) is 1.80. The zero-order valence-electron chi connectivity index (χ0n) is 12.4. The van der Waals surface area contributed by atoms with E-state index in [4.69, 9.17) is 4.74 Å². The zero-order chi connectivity index (χ0) is 14.0. The third-order valence-corrected chi connectivity index (χ3v) is 3.20. The van der Waals surface area contributed by atoms with Crippen molar-refractivity contribution < 1.29 is 4.74 Å². The monoisotopic (exact) mass is 401 g/mol. The summed E-state index contributed by atoms with van der Waals surface area (Å²) in [6.07, 6.45) is 7.52. The maximum atomic E-state index is 5.64. The number of guanidine groups is 1. The van der Waals surface area contributed by atoms with Crippen LogP contribution in [0, 0.1) is 0 Å². The summed E-state index contributed by atoms with van der Waals surface area (Å²) < 4.78 is 5.64. The highest BCUT2D eigenvalue weighted by Crippen LogP contribution is 2.09. The molecule has 0 atom stereocenters. The summed E-state index contributed by atoms with van der Waals surface area (Å²) in [7, 11) is 1.80. The average molecular weight is 401 g/mol. The van der Waals surface area contributed by atoms with E-state index in [0.29, 0.717) is 12.6 Å². The van der Waals surface area contributed by atoms with Crippen LogP contribution in [-0.4, -0.2) is 32.2 Å². The molecule has 21 heavy (non-hydrogen) atoms. The molecule has 0 spiro atoms. The molecule has 0 fully saturated rings. The van der Waals surface area contributed by atoms with E-state index in [0.717, 1.165) is 37.5 Å². The van der Waals surface area contributed by atoms with Gasteiger partial charge in [-0.1, -0.05) is 30.4 Å². The Balaban J connectivity index is 0.00000220. The van der Waals surface area contributed by atoms with Gasteiger partial charge in [0.2, 0.25) is 0 Å². The number of nitrogens with one attached hydrogen (secondary N) is 2. The van der Waals surface area contributed by atoms with E-state index >= 15 is 0 Å². The highest BCUT2D eigenvalue weighted by Gasteiger charge is 2.10. The first kappa shape index (κ1) is 17.8. The second-order valence-corrected chi connectivity index (χ2v) is 4.80. The predicted octanol–water partition coefficient (Wildman–Crippen LogP) is 2.96. The van der Waals surface area contributed by atoms with E-state index in [1.165, 1.54) is 0 Å². The minimum atomic E-state index is 0. The number of aliphatic imine (C=N–C) groups is 1. The number of nitrogens with zero attached hydrogens (tertiary/aromatic N) is 1. The largest absolute Gasteiger partial charge is 0.494 e. The molecule has 1 aromatic rings. The van der Waals surface area contributed by atoms with Crippen molar-refractivity contribution in [3.05, 3.63) is 42.5 Å². The molecule has 1 aliphatic carbocycles. The first-order chi connectivity index (χ1) is 9.88. The number of halogens is 1. The van der Waals surface area contributed by atoms with Crippen LogP contribution in [0.4, 0.5) is 0 Å². The normalized spacial score (nSPS) is 14.6. The summed E-state index contributed by atoms with van der Waals surface area (Å²) in [4.78, 5) is 4.23. The third-order valence-electron chi connectivity index (χ3n) is 3.20. The molecule has 0 amide bonds. The van der Waals surface area contributed by atoms with E-state index in [1.54, 1.807) is 7.05 Å². The number of para-hydroxylation sites is 1. The topological polar surface area (TPSA) is 45.7 Å². The quantitative estimate of drug-likeness (QED) is 0.253. The third kappa shape index (κ3) is 6.84. The molecule has 0 radical (unpaired) electrons. The van der Waals surface area contributed by atoms with Crippen molar-refractivity contribution in [1.29, 1.82) is 0 Å². The Morgan fingerprint density at radius 1 is 1.24 bits per heavy atom. The van der Waals surface area contributed by atoms with Crippen LogP contribution in [0.2, 0.25) is 0 Å². The molecule has 0 heterocycles. The van der Waals surface area contributed by atoms with E-state index < -0.39 is 0 Å². The summed E-state index contributed by atoms with van der Waals surface area (Å²) in [5, 5.41) is 6.72. The van der Waals surface area contributed by atoms with Crippen molar-refractivity contribution >= 4 is 29.9 Å². The van der Waals surface area contributed by atoms with Gasteiger partial charge in [0.25, 0.3) is 0 Å². The van der Waals surface area contributed by atoms with Gasteiger partial charge >= 0.3 is 0 Å². The van der Waals surface area contributed by atoms with Crippen molar-refractivity contribution in [2.45, 2.75) is 25.3 Å². The Bertz CT molecular complexity index is 440. The lowest BCUT2D eigenvalue weighted by Crippen LogP contribution is -2.42. The molecule has 0 aromatic heterocycles. The smallest absolute Gasteiger partial charge is 0.191 e. The molecular weight excluding hydrogens is 377 g/mol. The molecule has 0 bridgehead atoms. The fourth-order valence-electron chi connectivity index (χ4n) is 2.11. The Hall–Kier alpha value is -1.24. The van der Waals surface area contributed by atoms with Gasteiger partial charge in [0.05, 0.1) is 6.61 Å². The summed E-state index contributed by atoms with van der Waals surface area (Å²) in [5.41, 5.74) is 0. The predicted molar refractivity (Wildman–Crippen MR) is 98.6 cm³/mol. The molecule has 116 valence electrons. The van der Waals surface area contributed by atoms with E-state index in [-0.39, 0.29) is 24.0 Å². The Morgan fingerprint density at radius 3 is 2.62 bits per heavy atom. The average Bonchev–Trinajstić information content (AvgIpc) is 3.00. The fraction of sp³-hybridized carbons (Fsp3) is 0.438. The highest BCUT2D eigenvalue weighted by molar-refractivity contribution is 14.0. The number of ether oxygens (including phenoxy) is 1. The van der Waals surface area contributed by atoms with Gasteiger partial charge in [-0.05, 0) is 31.4 Å². The van der Waals surface area contributed by atoms with Crippen molar-refractivity contribution in [3.8, 4) is 5.75 Å². The first-order valence-corrected chi connectivity index (χ1v) is 7.18. The Kier molecular flexibility index (Phi) is 8.89. The second-order valence-electron chi connectivity index (χ2n) is 4.80. The zero-order valence-corrected chi connectivity index (χ0v) is 14.7. The van der Waals surface area contributed by atoms with Gasteiger partial charge in [-0.2, -0.15) is 0 Å². The molecule has 1 aromatic carbocycles. The van der Waals surface area contributed by atoms with Crippen molar-refractivity contribution in [2.24, 2.45) is 4.99 Å². The van der Waals surface area contributed by atoms with Gasteiger partial charge in [0.15, 0.2) is 5.96 Å². The molecule has 0 saturated carbocycles. The number of hydrogen-bond donors (Lipinski definition) is 2. The van der Waals surface area contributed by atoms with Gasteiger partial charge in [-0.25, -0.2) is 0 Å². The van der Waals surface area contributed by atoms with Gasteiger partial charge < -0.3 is 15.4 Å². The van der Waals surface area contributed by atoms with Gasteiger partial charge in [0, 0.05) is 19.6 Å². The highest BCUT2D eigenvalue weighted by atomic mass is 127. The standard InChI is InChI=1S/C16H23N3O.HI/c1-17-16(19-14-8-5-6-9-14)18-12-7-13-20-15-10-3-2-4-11-15;/h2-6,10-11,14H,7-9,12-13H2,1H3,(H2,17,18,19);1H. The van der Waals surface area contributed by atoms with Crippen LogP contribution in [0.15, 0.2) is 47.5 Å². The number of hydrogen-bond acceptors (Lipinski definition) is 2. The molecule has 0 saturated heterocycles. The van der Waals surface area contributed by atoms with Crippen LogP contribution in [-0.2, 0) is 0 Å². The van der Waals surface area contributed by atoms with Gasteiger partial charge in [-0.3, -0.25) is 4.99 Å². The molecular formula is C16H24IN3O. The van der Waals surface area contributed by atoms with Crippen LogP contribution in [0.5, 0.6) is 5.75 Å². The number of rotatable bonds is 6. The van der Waals surface area contributed by atoms with Crippen molar-refractivity contribution in [1.82, 2.24) is 10.6 Å². The minimum Gasteiger partial charge on any atom is -0.494 e. The fourth-order valence-corrected chi connectivity index (χ4v) is 2.11. The minimum absolute atomic E-state index is 0. The van der Waals surface area contributed by atoms with Crippen LogP contribution >= 0.6 is 24.0 Å². The molecule has 5 heteroatoms. The maximum absolute atomic E-state index is 5.64. The lowest BCUT2D eigenvalue weighted by atomic mass is 10.2. The SMILES string of the molecule is CN=C(NCCCOc1ccccc1)NC1CC=CC1.I.